The number of nitrogens with zero attached hydrogens (tertiary/aromatic N) is 4. The molecular weight excluding hydrogens is 312 g/mol. The number of H-pyrrole nitrogens is 1. The smallest absolute Gasteiger partial charge is 0.337 e. The topological polar surface area (TPSA) is 115 Å². The van der Waals surface area contributed by atoms with Crippen molar-refractivity contribution in [3.8, 4) is 0 Å². The molecule has 2 N–H and O–H groups in total. The van der Waals surface area contributed by atoms with Gasteiger partial charge in [0.25, 0.3) is 0 Å². The van der Waals surface area contributed by atoms with Crippen molar-refractivity contribution in [1.82, 2.24) is 30.0 Å². The summed E-state index contributed by atoms with van der Waals surface area (Å²) in [6.07, 6.45) is 2.86. The Hall–Kier alpha value is -3.23. The van der Waals surface area contributed by atoms with Crippen LogP contribution in [0.2, 0.25) is 0 Å². The number of amides is 1. The average Bonchev–Trinajstić information content (AvgIpc) is 3.26. The van der Waals surface area contributed by atoms with E-state index in [9.17, 15) is 9.59 Å². The standard InChI is InChI=1S/C15H16N6O3/c1-9(21-8-16-7-18-21)14(22)17-6-13-19-11-4-3-10(15(23)24-2)5-12(11)20-13/h3-5,7-9H,6H2,1-2H3,(H,17,22)(H,19,20). The molecule has 124 valence electrons. The van der Waals surface area contributed by atoms with Gasteiger partial charge in [-0.15, -0.1) is 0 Å². The van der Waals surface area contributed by atoms with E-state index in [1.807, 2.05) is 0 Å². The second kappa shape index (κ2) is 6.49. The fourth-order valence-corrected chi connectivity index (χ4v) is 2.25. The van der Waals surface area contributed by atoms with E-state index in [4.69, 9.17) is 0 Å². The summed E-state index contributed by atoms with van der Waals surface area (Å²) < 4.78 is 6.16. The first kappa shape index (κ1) is 15.7. The molecular formula is C15H16N6O3. The maximum atomic E-state index is 12.1. The monoisotopic (exact) mass is 328 g/mol. The summed E-state index contributed by atoms with van der Waals surface area (Å²) >= 11 is 0. The van der Waals surface area contributed by atoms with Gasteiger partial charge in [-0.1, -0.05) is 0 Å². The SMILES string of the molecule is COC(=O)c1ccc2nc(CNC(=O)C(C)n3cncn3)[nH]c2c1. The molecule has 0 aliphatic heterocycles. The van der Waals surface area contributed by atoms with Crippen LogP contribution >= 0.6 is 0 Å². The van der Waals surface area contributed by atoms with Crippen LogP contribution in [0, 0.1) is 0 Å². The maximum Gasteiger partial charge on any atom is 0.337 e. The third-order valence-corrected chi connectivity index (χ3v) is 3.59. The number of imidazole rings is 1. The van der Waals surface area contributed by atoms with E-state index in [0.717, 1.165) is 0 Å². The molecule has 0 saturated carbocycles. The molecule has 9 heteroatoms. The van der Waals surface area contributed by atoms with E-state index in [0.29, 0.717) is 22.4 Å². The Morgan fingerprint density at radius 2 is 2.25 bits per heavy atom. The zero-order valence-corrected chi connectivity index (χ0v) is 13.2. The fourth-order valence-electron chi connectivity index (χ4n) is 2.25. The molecule has 1 unspecified atom stereocenters. The molecule has 0 saturated heterocycles. The number of carbonyl (C=O) groups excluding carboxylic acids is 2. The molecule has 1 atom stereocenters. The predicted molar refractivity (Wildman–Crippen MR) is 84.0 cm³/mol. The van der Waals surface area contributed by atoms with E-state index in [1.165, 1.54) is 24.4 Å². The van der Waals surface area contributed by atoms with Crippen LogP contribution in [-0.2, 0) is 16.1 Å². The number of rotatable bonds is 5. The van der Waals surface area contributed by atoms with Crippen molar-refractivity contribution in [2.75, 3.05) is 7.11 Å². The summed E-state index contributed by atoms with van der Waals surface area (Å²) in [4.78, 5) is 34.9. The van der Waals surface area contributed by atoms with Crippen molar-refractivity contribution in [1.29, 1.82) is 0 Å². The zero-order valence-electron chi connectivity index (χ0n) is 13.2. The van der Waals surface area contributed by atoms with Gasteiger partial charge in [0.15, 0.2) is 0 Å². The van der Waals surface area contributed by atoms with Gasteiger partial charge in [0.2, 0.25) is 5.91 Å². The van der Waals surface area contributed by atoms with Crippen molar-refractivity contribution in [2.24, 2.45) is 0 Å². The molecule has 3 rings (SSSR count). The molecule has 0 spiro atoms. The Labute approximate surface area is 137 Å². The minimum absolute atomic E-state index is 0.198. The molecule has 9 nitrogen and oxygen atoms in total. The Morgan fingerprint density at radius 1 is 1.42 bits per heavy atom. The number of fused-ring (bicyclic) bond motifs is 1. The van der Waals surface area contributed by atoms with Crippen LogP contribution in [0.1, 0.15) is 29.1 Å². The first-order valence-corrected chi connectivity index (χ1v) is 7.27. The van der Waals surface area contributed by atoms with Gasteiger partial charge in [-0.25, -0.2) is 19.4 Å². The second-order valence-electron chi connectivity index (χ2n) is 5.18. The molecule has 2 heterocycles. The van der Waals surface area contributed by atoms with Crippen LogP contribution in [0.4, 0.5) is 0 Å². The molecule has 1 amide bonds. The number of hydrogen-bond donors (Lipinski definition) is 2. The molecule has 0 bridgehead atoms. The van der Waals surface area contributed by atoms with Crippen LogP contribution in [0.5, 0.6) is 0 Å². The molecule has 0 aliphatic carbocycles. The number of carbonyl (C=O) groups is 2. The summed E-state index contributed by atoms with van der Waals surface area (Å²) in [6, 6.07) is 4.56. The third-order valence-electron chi connectivity index (χ3n) is 3.59. The Kier molecular flexibility index (Phi) is 4.23. The lowest BCUT2D eigenvalue weighted by Crippen LogP contribution is -2.31. The quantitative estimate of drug-likeness (QED) is 0.670. The highest BCUT2D eigenvalue weighted by Crippen LogP contribution is 2.14. The molecule has 1 aromatic carbocycles. The molecule has 2 aromatic heterocycles. The van der Waals surface area contributed by atoms with E-state index in [1.54, 1.807) is 25.1 Å². The summed E-state index contributed by atoms with van der Waals surface area (Å²) in [5.74, 6) is -0.0228. The predicted octanol–water partition coefficient (Wildman–Crippen LogP) is 0.818. The van der Waals surface area contributed by atoms with Crippen LogP contribution < -0.4 is 5.32 Å². The summed E-state index contributed by atoms with van der Waals surface area (Å²) in [7, 11) is 1.33. The first-order valence-electron chi connectivity index (χ1n) is 7.27. The summed E-state index contributed by atoms with van der Waals surface area (Å²) in [6.45, 7) is 1.96. The van der Waals surface area contributed by atoms with Crippen molar-refractivity contribution >= 4 is 22.9 Å². The Morgan fingerprint density at radius 3 is 2.96 bits per heavy atom. The molecule has 0 radical (unpaired) electrons. The lowest BCUT2D eigenvalue weighted by atomic mass is 10.2. The highest BCUT2D eigenvalue weighted by molar-refractivity contribution is 5.93. The number of hydrogen-bond acceptors (Lipinski definition) is 6. The van der Waals surface area contributed by atoms with Crippen molar-refractivity contribution < 1.29 is 14.3 Å². The van der Waals surface area contributed by atoms with Gasteiger partial charge >= 0.3 is 5.97 Å². The molecule has 0 fully saturated rings. The van der Waals surface area contributed by atoms with Crippen LogP contribution in [0.25, 0.3) is 11.0 Å². The maximum absolute atomic E-state index is 12.1. The van der Waals surface area contributed by atoms with Gasteiger partial charge in [0.1, 0.15) is 24.5 Å². The summed E-state index contributed by atoms with van der Waals surface area (Å²) in [5, 5.41) is 6.72. The van der Waals surface area contributed by atoms with Crippen LogP contribution in [-0.4, -0.2) is 43.7 Å². The Bertz CT molecular complexity index is 871. The van der Waals surface area contributed by atoms with Gasteiger partial charge in [0, 0.05) is 0 Å². The lowest BCUT2D eigenvalue weighted by molar-refractivity contribution is -0.124. The van der Waals surface area contributed by atoms with Gasteiger partial charge in [-0.3, -0.25) is 4.79 Å². The van der Waals surface area contributed by atoms with E-state index in [2.05, 4.69) is 30.1 Å². The third kappa shape index (κ3) is 3.09. The highest BCUT2D eigenvalue weighted by atomic mass is 16.5. The van der Waals surface area contributed by atoms with Gasteiger partial charge < -0.3 is 15.0 Å². The lowest BCUT2D eigenvalue weighted by Gasteiger charge is -2.10. The van der Waals surface area contributed by atoms with Crippen molar-refractivity contribution in [2.45, 2.75) is 19.5 Å². The number of aromatic nitrogens is 5. The Balaban J connectivity index is 1.69. The zero-order chi connectivity index (χ0) is 17.1. The largest absolute Gasteiger partial charge is 0.465 e. The number of aromatic amines is 1. The van der Waals surface area contributed by atoms with Gasteiger partial charge in [-0.05, 0) is 25.1 Å². The van der Waals surface area contributed by atoms with Gasteiger partial charge in [0.05, 0.1) is 30.3 Å². The fraction of sp³-hybridized carbons (Fsp3) is 0.267. The van der Waals surface area contributed by atoms with Crippen molar-refractivity contribution in [3.63, 3.8) is 0 Å². The van der Waals surface area contributed by atoms with E-state index >= 15 is 0 Å². The number of nitrogens with one attached hydrogen (secondary N) is 2. The number of ether oxygens (including phenoxy) is 1. The minimum Gasteiger partial charge on any atom is -0.465 e. The number of esters is 1. The van der Waals surface area contributed by atoms with Crippen LogP contribution in [0.3, 0.4) is 0 Å². The van der Waals surface area contributed by atoms with Gasteiger partial charge in [-0.2, -0.15) is 5.10 Å². The summed E-state index contributed by atoms with van der Waals surface area (Å²) in [5.41, 5.74) is 1.84. The first-order chi connectivity index (χ1) is 11.6. The van der Waals surface area contributed by atoms with Crippen molar-refractivity contribution in [3.05, 3.63) is 42.2 Å². The molecule has 3 aromatic rings. The van der Waals surface area contributed by atoms with E-state index in [-0.39, 0.29) is 12.5 Å². The normalized spacial score (nSPS) is 12.1. The second-order valence-corrected chi connectivity index (χ2v) is 5.18. The number of methoxy groups -OCH3 is 1. The molecule has 0 aliphatic rings. The molecule has 24 heavy (non-hydrogen) atoms. The van der Waals surface area contributed by atoms with E-state index < -0.39 is 12.0 Å². The highest BCUT2D eigenvalue weighted by Gasteiger charge is 2.16. The number of benzene rings is 1. The average molecular weight is 328 g/mol. The van der Waals surface area contributed by atoms with Crippen LogP contribution in [0.15, 0.2) is 30.9 Å². The minimum atomic E-state index is -0.470.